The van der Waals surface area contributed by atoms with Crippen LogP contribution in [0.2, 0.25) is 5.02 Å². The Morgan fingerprint density at radius 3 is 3.00 bits per heavy atom. The van der Waals surface area contributed by atoms with Gasteiger partial charge in [0.15, 0.2) is 6.61 Å². The molecule has 0 atom stereocenters. The van der Waals surface area contributed by atoms with Gasteiger partial charge in [-0.1, -0.05) is 11.6 Å². The second-order valence-corrected chi connectivity index (χ2v) is 5.88. The summed E-state index contributed by atoms with van der Waals surface area (Å²) in [4.78, 5) is 31.0. The molecule has 2 heterocycles. The van der Waals surface area contributed by atoms with Crippen molar-refractivity contribution in [1.29, 1.82) is 0 Å². The predicted octanol–water partition coefficient (Wildman–Crippen LogP) is 3.27. The van der Waals surface area contributed by atoms with Gasteiger partial charge in [-0.05, 0) is 17.5 Å². The maximum Gasteiger partial charge on any atom is 0.271 e. The summed E-state index contributed by atoms with van der Waals surface area (Å²) >= 11 is 7.36. The van der Waals surface area contributed by atoms with E-state index < -0.39 is 10.8 Å². The fourth-order valence-corrected chi connectivity index (χ4v) is 2.81. The molecule has 122 valence electrons. The first-order chi connectivity index (χ1) is 11.5. The Kier molecular flexibility index (Phi) is 4.54. The van der Waals surface area contributed by atoms with Crippen molar-refractivity contribution in [3.05, 3.63) is 51.1 Å². The van der Waals surface area contributed by atoms with Crippen LogP contribution in [0.5, 0.6) is 5.88 Å². The molecule has 2 aromatic heterocycles. The Balaban J connectivity index is 1.69. The summed E-state index contributed by atoms with van der Waals surface area (Å²) in [5.41, 5.74) is -0.0331. The molecule has 0 aliphatic heterocycles. The van der Waals surface area contributed by atoms with Crippen LogP contribution in [0.15, 0.2) is 36.0 Å². The summed E-state index contributed by atoms with van der Waals surface area (Å²) in [6.07, 6.45) is 1.35. The van der Waals surface area contributed by atoms with Crippen LogP contribution >= 0.6 is 22.9 Å². The molecule has 8 nitrogen and oxygen atoms in total. The highest BCUT2D eigenvalue weighted by atomic mass is 35.5. The minimum Gasteiger partial charge on any atom is -0.467 e. The molecule has 1 amide bonds. The van der Waals surface area contributed by atoms with Crippen molar-refractivity contribution in [3.8, 4) is 5.88 Å². The van der Waals surface area contributed by atoms with Crippen molar-refractivity contribution in [3.63, 3.8) is 0 Å². The molecule has 1 N–H and O–H groups in total. The fraction of sp³-hybridized carbons (Fsp3) is 0.0714. The lowest BCUT2D eigenvalue weighted by Crippen LogP contribution is -2.20. The Labute approximate surface area is 144 Å². The van der Waals surface area contributed by atoms with E-state index in [1.807, 2.05) is 5.38 Å². The molecule has 3 aromatic rings. The monoisotopic (exact) mass is 364 g/mol. The van der Waals surface area contributed by atoms with Crippen molar-refractivity contribution >= 4 is 50.4 Å². The van der Waals surface area contributed by atoms with E-state index in [9.17, 15) is 14.9 Å². The summed E-state index contributed by atoms with van der Waals surface area (Å²) in [5.74, 6) is -0.221. The maximum atomic E-state index is 12.0. The Hall–Kier alpha value is -2.78. The maximum absolute atomic E-state index is 12.0. The zero-order valence-electron chi connectivity index (χ0n) is 11.9. The Morgan fingerprint density at radius 2 is 2.21 bits per heavy atom. The smallest absolute Gasteiger partial charge is 0.271 e. The zero-order chi connectivity index (χ0) is 17.1. The lowest BCUT2D eigenvalue weighted by molar-refractivity contribution is -0.384. The largest absolute Gasteiger partial charge is 0.467 e. The highest BCUT2D eigenvalue weighted by Crippen LogP contribution is 2.27. The van der Waals surface area contributed by atoms with E-state index in [4.69, 9.17) is 16.3 Å². The highest BCUT2D eigenvalue weighted by molar-refractivity contribution is 7.16. The van der Waals surface area contributed by atoms with E-state index in [0.717, 1.165) is 4.83 Å². The van der Waals surface area contributed by atoms with Gasteiger partial charge >= 0.3 is 0 Å². The van der Waals surface area contributed by atoms with Crippen LogP contribution in [0, 0.1) is 10.1 Å². The fourth-order valence-electron chi connectivity index (χ4n) is 1.93. The quantitative estimate of drug-likeness (QED) is 0.550. The molecule has 0 aliphatic carbocycles. The molecular formula is C14H9ClN4O4S. The van der Waals surface area contributed by atoms with Crippen molar-refractivity contribution in [1.82, 2.24) is 9.97 Å². The SMILES string of the molecule is O=C(COc1ncnc2sccc12)Nc1cc([N+](=O)[O-])ccc1Cl. The summed E-state index contributed by atoms with van der Waals surface area (Å²) < 4.78 is 5.40. The minimum absolute atomic E-state index is 0.142. The van der Waals surface area contributed by atoms with E-state index in [0.29, 0.717) is 11.3 Å². The van der Waals surface area contributed by atoms with Gasteiger partial charge in [0.25, 0.3) is 11.6 Å². The topological polar surface area (TPSA) is 107 Å². The third kappa shape index (κ3) is 3.42. The number of carbonyl (C=O) groups excluding carboxylic acids is 1. The second-order valence-electron chi connectivity index (χ2n) is 4.58. The number of carbonyl (C=O) groups is 1. The van der Waals surface area contributed by atoms with Gasteiger partial charge in [-0.25, -0.2) is 9.97 Å². The molecule has 0 unspecified atom stereocenters. The molecule has 0 fully saturated rings. The third-order valence-corrected chi connectivity index (χ3v) is 4.15. The van der Waals surface area contributed by atoms with Crippen LogP contribution in [0.1, 0.15) is 0 Å². The van der Waals surface area contributed by atoms with Crippen LogP contribution < -0.4 is 10.1 Å². The lowest BCUT2D eigenvalue weighted by atomic mass is 10.3. The standard InChI is InChI=1S/C14H9ClN4O4S/c15-10-2-1-8(19(21)22)5-11(10)18-12(20)6-23-13-9-3-4-24-14(9)17-7-16-13/h1-5,7H,6H2,(H,18,20). The highest BCUT2D eigenvalue weighted by Gasteiger charge is 2.13. The van der Waals surface area contributed by atoms with E-state index in [2.05, 4.69) is 15.3 Å². The molecule has 3 rings (SSSR count). The van der Waals surface area contributed by atoms with Gasteiger partial charge in [0.1, 0.15) is 11.2 Å². The van der Waals surface area contributed by atoms with Gasteiger partial charge in [-0.15, -0.1) is 11.3 Å². The van der Waals surface area contributed by atoms with Crippen molar-refractivity contribution in [2.75, 3.05) is 11.9 Å². The number of anilines is 1. The first-order valence-electron chi connectivity index (χ1n) is 6.59. The molecule has 10 heteroatoms. The Morgan fingerprint density at radius 1 is 1.38 bits per heavy atom. The van der Waals surface area contributed by atoms with Crippen LogP contribution in [0.3, 0.4) is 0 Å². The summed E-state index contributed by atoms with van der Waals surface area (Å²) in [6.45, 7) is -0.318. The van der Waals surface area contributed by atoms with E-state index in [1.54, 1.807) is 6.07 Å². The number of rotatable bonds is 5. The molecule has 24 heavy (non-hydrogen) atoms. The predicted molar refractivity (Wildman–Crippen MR) is 89.6 cm³/mol. The number of amides is 1. The van der Waals surface area contributed by atoms with E-state index in [-0.39, 0.29) is 23.0 Å². The number of non-ortho nitro benzene ring substituents is 1. The van der Waals surface area contributed by atoms with Gasteiger partial charge in [-0.3, -0.25) is 14.9 Å². The van der Waals surface area contributed by atoms with Gasteiger partial charge in [0.2, 0.25) is 5.88 Å². The molecule has 0 saturated carbocycles. The van der Waals surface area contributed by atoms with Crippen LogP contribution in [-0.4, -0.2) is 27.4 Å². The molecule has 0 bridgehead atoms. The second kappa shape index (κ2) is 6.77. The number of nitrogens with one attached hydrogen (secondary N) is 1. The van der Waals surface area contributed by atoms with Gasteiger partial charge < -0.3 is 10.1 Å². The van der Waals surface area contributed by atoms with Crippen LogP contribution in [-0.2, 0) is 4.79 Å². The Bertz CT molecular complexity index is 930. The normalized spacial score (nSPS) is 10.5. The number of nitro benzene ring substituents is 1. The number of hydrogen-bond donors (Lipinski definition) is 1. The summed E-state index contributed by atoms with van der Waals surface area (Å²) in [5, 5.41) is 16.0. The first kappa shape index (κ1) is 16.1. The minimum atomic E-state index is -0.573. The zero-order valence-corrected chi connectivity index (χ0v) is 13.5. The summed E-state index contributed by atoms with van der Waals surface area (Å²) in [6, 6.07) is 5.57. The van der Waals surface area contributed by atoms with E-state index in [1.165, 1.54) is 35.9 Å². The average Bonchev–Trinajstić information content (AvgIpc) is 3.04. The molecular weight excluding hydrogens is 356 g/mol. The first-order valence-corrected chi connectivity index (χ1v) is 7.85. The lowest BCUT2D eigenvalue weighted by Gasteiger charge is -2.08. The molecule has 0 saturated heterocycles. The summed E-state index contributed by atoms with van der Waals surface area (Å²) in [7, 11) is 0. The number of nitrogens with zero attached hydrogens (tertiary/aromatic N) is 3. The van der Waals surface area contributed by atoms with E-state index >= 15 is 0 Å². The van der Waals surface area contributed by atoms with Gasteiger partial charge in [0, 0.05) is 12.1 Å². The average molecular weight is 365 g/mol. The number of aromatic nitrogens is 2. The molecule has 0 aliphatic rings. The van der Waals surface area contributed by atoms with Crippen molar-refractivity contribution < 1.29 is 14.5 Å². The van der Waals surface area contributed by atoms with Crippen LogP contribution in [0.4, 0.5) is 11.4 Å². The molecule has 0 radical (unpaired) electrons. The number of nitro groups is 1. The molecule has 0 spiro atoms. The number of fused-ring (bicyclic) bond motifs is 1. The van der Waals surface area contributed by atoms with Crippen molar-refractivity contribution in [2.45, 2.75) is 0 Å². The third-order valence-electron chi connectivity index (χ3n) is 3.00. The van der Waals surface area contributed by atoms with Gasteiger partial charge in [-0.2, -0.15) is 0 Å². The number of benzene rings is 1. The number of hydrogen-bond acceptors (Lipinski definition) is 7. The van der Waals surface area contributed by atoms with Crippen LogP contribution in [0.25, 0.3) is 10.2 Å². The van der Waals surface area contributed by atoms with Crippen molar-refractivity contribution in [2.24, 2.45) is 0 Å². The number of thiophene rings is 1. The number of ether oxygens (including phenoxy) is 1. The van der Waals surface area contributed by atoms with Gasteiger partial charge in [0.05, 0.1) is 21.0 Å². The molecule has 1 aromatic carbocycles. The number of halogens is 1.